The number of fused-ring (bicyclic) bond motifs is 1. The van der Waals surface area contributed by atoms with E-state index in [0.717, 1.165) is 18.2 Å². The fraction of sp³-hybridized carbons (Fsp3) is 0.154. The van der Waals surface area contributed by atoms with Gasteiger partial charge in [-0.15, -0.1) is 0 Å². The van der Waals surface area contributed by atoms with Crippen LogP contribution in [0.15, 0.2) is 37.4 Å². The fourth-order valence-electron chi connectivity index (χ4n) is 1.82. The molecule has 2 aromatic rings. The number of nitro benzene ring substituents is 1. The van der Waals surface area contributed by atoms with Crippen molar-refractivity contribution in [3.8, 4) is 0 Å². The molecule has 0 fully saturated rings. The van der Waals surface area contributed by atoms with Gasteiger partial charge in [-0.3, -0.25) is 10.1 Å². The summed E-state index contributed by atoms with van der Waals surface area (Å²) in [5, 5.41) is 11.0. The van der Waals surface area contributed by atoms with Crippen molar-refractivity contribution >= 4 is 16.7 Å². The number of alkyl halides is 2. The number of H-pyrrole nitrogens is 1. The van der Waals surface area contributed by atoms with E-state index in [4.69, 9.17) is 0 Å². The summed E-state index contributed by atoms with van der Waals surface area (Å²) in [6.45, 7) is 6.58. The van der Waals surface area contributed by atoms with Gasteiger partial charge in [0.15, 0.2) is 11.7 Å². The van der Waals surface area contributed by atoms with Gasteiger partial charge in [0.25, 0.3) is 5.69 Å². The molecule has 1 aromatic heterocycles. The van der Waals surface area contributed by atoms with Crippen LogP contribution in [-0.2, 0) is 0 Å². The Balaban J connectivity index is 2.70. The molecule has 2 unspecified atom stereocenters. The fourth-order valence-corrected chi connectivity index (χ4v) is 1.82. The van der Waals surface area contributed by atoms with Crippen LogP contribution < -0.4 is 0 Å². The van der Waals surface area contributed by atoms with Crippen molar-refractivity contribution in [2.75, 3.05) is 0 Å². The number of halogens is 2. The lowest BCUT2D eigenvalue weighted by Crippen LogP contribution is -1.94. The number of rotatable bonds is 5. The monoisotopic (exact) mass is 279 g/mol. The molecule has 0 aliphatic rings. The van der Waals surface area contributed by atoms with Crippen LogP contribution in [0.3, 0.4) is 0 Å². The van der Waals surface area contributed by atoms with Gasteiger partial charge in [-0.1, -0.05) is 25.3 Å². The lowest BCUT2D eigenvalue weighted by atomic mass is 10.1. The number of imidazole rings is 1. The molecular weight excluding hydrogens is 268 g/mol. The molecule has 0 radical (unpaired) electrons. The minimum atomic E-state index is -1.58. The molecule has 0 aliphatic heterocycles. The number of allylic oxidation sites excluding steroid dienone is 2. The van der Waals surface area contributed by atoms with Gasteiger partial charge >= 0.3 is 0 Å². The van der Waals surface area contributed by atoms with Gasteiger partial charge in [-0.25, -0.2) is 13.8 Å². The Morgan fingerprint density at radius 1 is 1.30 bits per heavy atom. The van der Waals surface area contributed by atoms with Crippen molar-refractivity contribution < 1.29 is 13.7 Å². The van der Waals surface area contributed by atoms with E-state index in [1.165, 1.54) is 6.07 Å². The molecule has 2 atom stereocenters. The van der Waals surface area contributed by atoms with Crippen molar-refractivity contribution in [3.63, 3.8) is 0 Å². The van der Waals surface area contributed by atoms with Gasteiger partial charge < -0.3 is 4.98 Å². The summed E-state index contributed by atoms with van der Waals surface area (Å²) >= 11 is 0. The molecule has 0 amide bonds. The lowest BCUT2D eigenvalue weighted by molar-refractivity contribution is -0.383. The number of nitrogens with one attached hydrogen (secondary N) is 1. The van der Waals surface area contributed by atoms with E-state index in [1.807, 2.05) is 0 Å². The highest BCUT2D eigenvalue weighted by Gasteiger charge is 2.22. The van der Waals surface area contributed by atoms with E-state index in [-0.39, 0.29) is 28.1 Å². The number of hydrogen-bond donors (Lipinski definition) is 1. The van der Waals surface area contributed by atoms with E-state index in [0.29, 0.717) is 0 Å². The van der Waals surface area contributed by atoms with Gasteiger partial charge in [0.05, 0.1) is 10.4 Å². The summed E-state index contributed by atoms with van der Waals surface area (Å²) in [7, 11) is 0. The Hall–Kier alpha value is -2.57. The first kappa shape index (κ1) is 13.9. The van der Waals surface area contributed by atoms with Crippen LogP contribution in [0, 0.1) is 10.1 Å². The third-order valence-electron chi connectivity index (χ3n) is 2.80. The molecule has 0 saturated carbocycles. The van der Waals surface area contributed by atoms with Crippen LogP contribution >= 0.6 is 0 Å². The highest BCUT2D eigenvalue weighted by molar-refractivity contribution is 5.85. The number of non-ortho nitro benzene ring substituents is 1. The number of benzene rings is 1. The predicted molar refractivity (Wildman–Crippen MR) is 70.8 cm³/mol. The Kier molecular flexibility index (Phi) is 3.60. The molecule has 7 heteroatoms. The van der Waals surface area contributed by atoms with Crippen molar-refractivity contribution in [3.05, 3.63) is 58.9 Å². The molecule has 0 saturated heterocycles. The van der Waals surface area contributed by atoms with Crippen molar-refractivity contribution in [1.29, 1.82) is 0 Å². The molecule has 0 spiro atoms. The van der Waals surface area contributed by atoms with Gasteiger partial charge in [0.2, 0.25) is 0 Å². The maximum Gasteiger partial charge on any atom is 0.297 e. The summed E-state index contributed by atoms with van der Waals surface area (Å²) in [6, 6.07) is 2.42. The summed E-state index contributed by atoms with van der Waals surface area (Å²) in [6.07, 6.45) is -1.10. The minimum absolute atomic E-state index is 0.0190. The van der Waals surface area contributed by atoms with E-state index in [1.54, 1.807) is 0 Å². The lowest BCUT2D eigenvalue weighted by Gasteiger charge is -2.03. The smallest absolute Gasteiger partial charge is 0.297 e. The van der Waals surface area contributed by atoms with Crippen LogP contribution in [0.25, 0.3) is 11.0 Å². The summed E-state index contributed by atoms with van der Waals surface area (Å²) in [5.41, 5.74) is -0.156. The van der Waals surface area contributed by atoms with Gasteiger partial charge in [0.1, 0.15) is 12.0 Å². The SMILES string of the molecule is C=CC(F)c1cc([N+](=O)[O-])c2nc(C(F)C=C)[nH]c2c1. The third kappa shape index (κ3) is 2.29. The summed E-state index contributed by atoms with van der Waals surface area (Å²) in [5.74, 6) is -0.107. The number of nitrogens with zero attached hydrogens (tertiary/aromatic N) is 2. The molecule has 104 valence electrons. The van der Waals surface area contributed by atoms with Crippen molar-refractivity contribution in [2.45, 2.75) is 12.3 Å². The van der Waals surface area contributed by atoms with Crippen molar-refractivity contribution in [1.82, 2.24) is 9.97 Å². The Labute approximate surface area is 112 Å². The van der Waals surface area contributed by atoms with Gasteiger partial charge in [0, 0.05) is 6.07 Å². The molecule has 1 aromatic carbocycles. The number of aromatic amines is 1. The quantitative estimate of drug-likeness (QED) is 0.513. The molecule has 20 heavy (non-hydrogen) atoms. The van der Waals surface area contributed by atoms with E-state index >= 15 is 0 Å². The normalized spacial score (nSPS) is 13.9. The minimum Gasteiger partial charge on any atom is -0.339 e. The predicted octanol–water partition coefficient (Wildman–Crippen LogP) is 3.86. The average molecular weight is 279 g/mol. The topological polar surface area (TPSA) is 71.8 Å². The molecule has 0 bridgehead atoms. The molecule has 2 rings (SSSR count). The maximum absolute atomic E-state index is 13.6. The summed E-state index contributed by atoms with van der Waals surface area (Å²) in [4.78, 5) is 16.8. The second-order valence-electron chi connectivity index (χ2n) is 4.09. The molecular formula is C13H11F2N3O2. The van der Waals surface area contributed by atoms with Crippen LogP contribution in [0.2, 0.25) is 0 Å². The highest BCUT2D eigenvalue weighted by atomic mass is 19.1. The van der Waals surface area contributed by atoms with Gasteiger partial charge in [-0.05, 0) is 11.6 Å². The first-order valence-corrected chi connectivity index (χ1v) is 5.69. The third-order valence-corrected chi connectivity index (χ3v) is 2.80. The second-order valence-corrected chi connectivity index (χ2v) is 4.09. The standard InChI is InChI=1S/C13H11F2N3O2/c1-3-8(14)7-5-10-12(11(6-7)18(19)20)17-13(16-10)9(15)4-2/h3-6,8-9H,1-2H2,(H,16,17). The molecule has 0 aliphatic carbocycles. The maximum atomic E-state index is 13.6. The first-order chi connectivity index (χ1) is 9.47. The largest absolute Gasteiger partial charge is 0.339 e. The summed E-state index contributed by atoms with van der Waals surface area (Å²) < 4.78 is 27.1. The molecule has 5 nitrogen and oxygen atoms in total. The zero-order chi connectivity index (χ0) is 14.9. The van der Waals surface area contributed by atoms with Crippen LogP contribution in [0.4, 0.5) is 14.5 Å². The van der Waals surface area contributed by atoms with Crippen LogP contribution in [-0.4, -0.2) is 14.9 Å². The van der Waals surface area contributed by atoms with E-state index < -0.39 is 17.3 Å². The van der Waals surface area contributed by atoms with Crippen molar-refractivity contribution in [2.24, 2.45) is 0 Å². The Morgan fingerprint density at radius 2 is 1.95 bits per heavy atom. The Morgan fingerprint density at radius 3 is 2.50 bits per heavy atom. The molecule has 1 heterocycles. The molecule has 1 N–H and O–H groups in total. The van der Waals surface area contributed by atoms with Crippen LogP contribution in [0.1, 0.15) is 23.7 Å². The van der Waals surface area contributed by atoms with Gasteiger partial charge in [-0.2, -0.15) is 0 Å². The number of hydrogen-bond acceptors (Lipinski definition) is 3. The first-order valence-electron chi connectivity index (χ1n) is 5.69. The van der Waals surface area contributed by atoms with Crippen LogP contribution in [0.5, 0.6) is 0 Å². The second kappa shape index (κ2) is 5.20. The highest BCUT2D eigenvalue weighted by Crippen LogP contribution is 2.31. The van der Waals surface area contributed by atoms with E-state index in [2.05, 4.69) is 23.1 Å². The zero-order valence-corrected chi connectivity index (χ0v) is 10.3. The number of aromatic nitrogens is 2. The zero-order valence-electron chi connectivity index (χ0n) is 10.3. The Bertz CT molecular complexity index is 696. The number of nitro groups is 1. The van der Waals surface area contributed by atoms with E-state index in [9.17, 15) is 18.9 Å². The average Bonchev–Trinajstić information content (AvgIpc) is 2.87.